The van der Waals surface area contributed by atoms with E-state index in [4.69, 9.17) is 9.47 Å². The van der Waals surface area contributed by atoms with E-state index in [9.17, 15) is 22.7 Å². The van der Waals surface area contributed by atoms with Crippen molar-refractivity contribution in [3.05, 3.63) is 58.8 Å². The second-order valence-electron chi connectivity index (χ2n) is 8.98. The van der Waals surface area contributed by atoms with Crippen molar-refractivity contribution >= 4 is 10.9 Å². The maximum atomic E-state index is 16.0. The highest BCUT2D eigenvalue weighted by molar-refractivity contribution is 5.85. The van der Waals surface area contributed by atoms with Crippen LogP contribution in [0.3, 0.4) is 0 Å². The number of rotatable bonds is 12. The van der Waals surface area contributed by atoms with Crippen molar-refractivity contribution in [3.8, 4) is 11.5 Å². The molecule has 1 atom stereocenters. The molecule has 0 unspecified atom stereocenters. The first-order chi connectivity index (χ1) is 17.8. The Labute approximate surface area is 211 Å². The van der Waals surface area contributed by atoms with Crippen LogP contribution in [0, 0.1) is 11.6 Å². The van der Waals surface area contributed by atoms with Gasteiger partial charge in [-0.1, -0.05) is 0 Å². The minimum absolute atomic E-state index is 0.00731. The van der Waals surface area contributed by atoms with E-state index in [0.717, 1.165) is 0 Å². The molecule has 2 aromatic carbocycles. The normalized spacial score (nSPS) is 16.2. The maximum Gasteiger partial charge on any atom is 0.283 e. The van der Waals surface area contributed by atoms with Crippen LogP contribution in [0.4, 0.5) is 22.0 Å². The van der Waals surface area contributed by atoms with Crippen molar-refractivity contribution in [2.75, 3.05) is 53.2 Å². The summed E-state index contributed by atoms with van der Waals surface area (Å²) in [6.45, 7) is -1.61. The first-order valence-electron chi connectivity index (χ1n) is 12.1. The Kier molecular flexibility index (Phi) is 8.56. The number of aliphatic hydroxyl groups excluding tert-OH is 1. The summed E-state index contributed by atoms with van der Waals surface area (Å²) in [6, 6.07) is 6.06. The Morgan fingerprint density at radius 3 is 2.68 bits per heavy atom. The first-order valence-corrected chi connectivity index (χ1v) is 12.1. The number of hydrogen-bond donors (Lipinski definition) is 3. The molecule has 0 amide bonds. The Hall–Kier alpha value is -2.89. The molecule has 6 nitrogen and oxygen atoms in total. The number of nitrogens with zero attached hydrogens (tertiary/aromatic N) is 1. The molecule has 3 N–H and O–H groups in total. The van der Waals surface area contributed by atoms with Crippen LogP contribution in [0.1, 0.15) is 29.3 Å². The number of halogens is 5. The van der Waals surface area contributed by atoms with E-state index in [-0.39, 0.29) is 30.2 Å². The fraction of sp³-hybridized carbons (Fsp3) is 0.462. The lowest BCUT2D eigenvalue weighted by atomic mass is 9.91. The summed E-state index contributed by atoms with van der Waals surface area (Å²) in [6.07, 6.45) is 0.676. The van der Waals surface area contributed by atoms with Crippen LogP contribution >= 0.6 is 0 Å². The van der Waals surface area contributed by atoms with Gasteiger partial charge in [0.1, 0.15) is 24.8 Å². The molecule has 0 saturated heterocycles. The number of aromatic nitrogens is 1. The van der Waals surface area contributed by atoms with Crippen LogP contribution in [-0.4, -0.2) is 74.1 Å². The molecule has 0 radical (unpaired) electrons. The highest BCUT2D eigenvalue weighted by Gasteiger charge is 2.41. The lowest BCUT2D eigenvalue weighted by molar-refractivity contribution is -0.0791. The van der Waals surface area contributed by atoms with Gasteiger partial charge in [0.2, 0.25) is 0 Å². The van der Waals surface area contributed by atoms with Crippen LogP contribution in [0.25, 0.3) is 10.9 Å². The van der Waals surface area contributed by atoms with Gasteiger partial charge in [0, 0.05) is 29.7 Å². The van der Waals surface area contributed by atoms with Crippen LogP contribution < -0.4 is 14.8 Å². The zero-order valence-electron chi connectivity index (χ0n) is 20.4. The quantitative estimate of drug-likeness (QED) is 0.241. The van der Waals surface area contributed by atoms with E-state index in [1.165, 1.54) is 36.3 Å². The maximum absolute atomic E-state index is 16.0. The number of alkyl halides is 3. The van der Waals surface area contributed by atoms with Gasteiger partial charge in [-0.15, -0.1) is 0 Å². The summed E-state index contributed by atoms with van der Waals surface area (Å²) in [5, 5.41) is 12.8. The number of fused-ring (bicyclic) bond motifs is 3. The summed E-state index contributed by atoms with van der Waals surface area (Å²) < 4.78 is 82.1. The highest BCUT2D eigenvalue weighted by Crippen LogP contribution is 2.45. The third-order valence-corrected chi connectivity index (χ3v) is 6.48. The molecule has 1 aliphatic rings. The molecule has 0 spiro atoms. The molecule has 37 heavy (non-hydrogen) atoms. The molecule has 11 heteroatoms. The van der Waals surface area contributed by atoms with Crippen LogP contribution in [0.2, 0.25) is 0 Å². The largest absolute Gasteiger partial charge is 0.496 e. The summed E-state index contributed by atoms with van der Waals surface area (Å²) in [4.78, 5) is 4.56. The van der Waals surface area contributed by atoms with Gasteiger partial charge in [0.25, 0.3) is 5.92 Å². The Balaban J connectivity index is 1.77. The number of aromatic amines is 1. The zero-order valence-corrected chi connectivity index (χ0v) is 20.4. The van der Waals surface area contributed by atoms with Crippen molar-refractivity contribution in [1.29, 1.82) is 0 Å². The van der Waals surface area contributed by atoms with Crippen LogP contribution in [0.15, 0.2) is 30.3 Å². The topological polar surface area (TPSA) is 69.8 Å². The van der Waals surface area contributed by atoms with Crippen LogP contribution in [0.5, 0.6) is 11.5 Å². The van der Waals surface area contributed by atoms with E-state index in [0.29, 0.717) is 48.1 Å². The number of nitrogens with one attached hydrogen (secondary N) is 2. The molecule has 1 aliphatic heterocycles. The smallest absolute Gasteiger partial charge is 0.283 e. The number of benzene rings is 2. The molecule has 202 valence electrons. The molecule has 0 aliphatic carbocycles. The number of methoxy groups -OCH3 is 1. The molecular formula is C26H30F5N3O3. The summed E-state index contributed by atoms with van der Waals surface area (Å²) in [5.74, 6) is -4.61. The molecule has 0 fully saturated rings. The number of ether oxygens (including phenoxy) is 2. The van der Waals surface area contributed by atoms with Crippen molar-refractivity contribution in [2.24, 2.45) is 0 Å². The predicted octanol–water partition coefficient (Wildman–Crippen LogP) is 4.36. The van der Waals surface area contributed by atoms with Gasteiger partial charge in [-0.3, -0.25) is 9.29 Å². The monoisotopic (exact) mass is 527 g/mol. The van der Waals surface area contributed by atoms with Crippen molar-refractivity contribution in [1.82, 2.24) is 15.2 Å². The van der Waals surface area contributed by atoms with Crippen LogP contribution in [-0.2, 0) is 6.42 Å². The molecule has 2 heterocycles. The van der Waals surface area contributed by atoms with Gasteiger partial charge in [-0.25, -0.2) is 17.6 Å². The predicted molar refractivity (Wildman–Crippen MR) is 129 cm³/mol. The van der Waals surface area contributed by atoms with Gasteiger partial charge < -0.3 is 24.9 Å². The van der Waals surface area contributed by atoms with E-state index >= 15 is 4.39 Å². The fourth-order valence-electron chi connectivity index (χ4n) is 4.80. The van der Waals surface area contributed by atoms with Gasteiger partial charge in [0.15, 0.2) is 11.6 Å². The SMILES string of the molecule is COc1ccc(OCCNCCCF)c(F)c1[C@@H]1c2[nH]c3ccc(F)cc3c2CCN1CC(F)(F)CO. The minimum atomic E-state index is -3.43. The van der Waals surface area contributed by atoms with E-state index in [1.54, 1.807) is 6.07 Å². The average molecular weight is 528 g/mol. The Bertz CT molecular complexity index is 1220. The molecule has 3 aromatic rings. The van der Waals surface area contributed by atoms with E-state index in [1.807, 2.05) is 0 Å². The number of aliphatic hydroxyl groups is 1. The standard InChI is InChI=1S/C26H30F5N3O3/c1-36-20-5-6-21(37-12-10-32-9-2-8-27)23(29)22(20)25-24-17(7-11-34(25)14-26(30,31)15-35)18-13-16(28)3-4-19(18)33-24/h3-6,13,25,32-33,35H,2,7-12,14-15H2,1H3/t25-/m1/s1. The second-order valence-corrected chi connectivity index (χ2v) is 8.98. The summed E-state index contributed by atoms with van der Waals surface area (Å²) >= 11 is 0. The van der Waals surface area contributed by atoms with Gasteiger partial charge >= 0.3 is 0 Å². The Morgan fingerprint density at radius 2 is 1.95 bits per heavy atom. The molecule has 1 aromatic heterocycles. The van der Waals surface area contributed by atoms with E-state index in [2.05, 4.69) is 10.3 Å². The third kappa shape index (κ3) is 5.83. The van der Waals surface area contributed by atoms with Crippen molar-refractivity contribution in [3.63, 3.8) is 0 Å². The minimum Gasteiger partial charge on any atom is -0.496 e. The highest BCUT2D eigenvalue weighted by atomic mass is 19.3. The molecular weight excluding hydrogens is 497 g/mol. The fourth-order valence-corrected chi connectivity index (χ4v) is 4.80. The van der Waals surface area contributed by atoms with Gasteiger partial charge in [0.05, 0.1) is 31.9 Å². The molecule has 0 saturated carbocycles. The lowest BCUT2D eigenvalue weighted by Gasteiger charge is -2.38. The lowest BCUT2D eigenvalue weighted by Crippen LogP contribution is -2.45. The number of hydrogen-bond acceptors (Lipinski definition) is 5. The first kappa shape index (κ1) is 27.2. The Morgan fingerprint density at radius 1 is 1.16 bits per heavy atom. The summed E-state index contributed by atoms with van der Waals surface area (Å²) in [5.41, 5.74) is 1.74. The van der Waals surface area contributed by atoms with Crippen molar-refractivity contribution < 1.29 is 36.5 Å². The molecule has 0 bridgehead atoms. The average Bonchev–Trinajstić information content (AvgIpc) is 3.24. The summed E-state index contributed by atoms with van der Waals surface area (Å²) in [7, 11) is 1.35. The molecule has 4 rings (SSSR count). The van der Waals surface area contributed by atoms with Gasteiger partial charge in [-0.2, -0.15) is 0 Å². The third-order valence-electron chi connectivity index (χ3n) is 6.48. The van der Waals surface area contributed by atoms with Crippen molar-refractivity contribution in [2.45, 2.75) is 24.8 Å². The second kappa shape index (κ2) is 11.7. The van der Waals surface area contributed by atoms with E-state index < -0.39 is 43.4 Å². The van der Waals surface area contributed by atoms with Gasteiger partial charge in [-0.05, 0) is 55.3 Å². The number of H-pyrrole nitrogens is 1. The zero-order chi connectivity index (χ0) is 26.6.